The molecule has 0 aromatic carbocycles. The number of carbonyl (C=O) groups is 1. The quantitative estimate of drug-likeness (QED) is 0.534. The zero-order chi connectivity index (χ0) is 24.4. The SMILES string of the molecule is CN(C)C(=O)c1cc2cnc(Nc3ccc(N4CCN(CCN)CC4)cn3)nc2n1C1CCCC1. The van der Waals surface area contributed by atoms with Gasteiger partial charge in [-0.3, -0.25) is 9.69 Å². The standard InChI is InChI=1S/C25H35N9O/c1-31(2)24(35)21-15-18-16-28-25(30-23(18)34(21)19-5-3-4-6-19)29-22-8-7-20(17-27-22)33-13-11-32(10-9-26)12-14-33/h7-8,15-17,19H,3-6,9-14,26H2,1-2H3,(H,27,28,29,30). The maximum Gasteiger partial charge on any atom is 0.270 e. The van der Waals surface area contributed by atoms with Gasteiger partial charge >= 0.3 is 0 Å². The summed E-state index contributed by atoms with van der Waals surface area (Å²) in [5.74, 6) is 1.17. The first-order valence-electron chi connectivity index (χ1n) is 12.5. The van der Waals surface area contributed by atoms with Crippen molar-refractivity contribution >= 4 is 34.4 Å². The van der Waals surface area contributed by atoms with Gasteiger partial charge in [0.05, 0.1) is 11.9 Å². The third-order valence-corrected chi connectivity index (χ3v) is 7.06. The van der Waals surface area contributed by atoms with Crippen LogP contribution in [0.15, 0.2) is 30.6 Å². The molecule has 0 radical (unpaired) electrons. The number of amides is 1. The third-order valence-electron chi connectivity index (χ3n) is 7.06. The van der Waals surface area contributed by atoms with Gasteiger partial charge in [0.2, 0.25) is 5.95 Å². The fourth-order valence-electron chi connectivity index (χ4n) is 5.17. The Balaban J connectivity index is 1.35. The second-order valence-corrected chi connectivity index (χ2v) is 9.65. The summed E-state index contributed by atoms with van der Waals surface area (Å²) in [6, 6.07) is 6.25. The average molecular weight is 478 g/mol. The topological polar surface area (TPSA) is 108 Å². The van der Waals surface area contributed by atoms with Crippen LogP contribution in [0.2, 0.25) is 0 Å². The van der Waals surface area contributed by atoms with Gasteiger partial charge in [0.1, 0.15) is 17.2 Å². The third kappa shape index (κ3) is 4.94. The Morgan fingerprint density at radius 3 is 2.54 bits per heavy atom. The molecule has 1 saturated heterocycles. The summed E-state index contributed by atoms with van der Waals surface area (Å²) in [6.45, 7) is 5.64. The molecule has 3 aromatic rings. The molecule has 3 aromatic heterocycles. The molecule has 1 aliphatic heterocycles. The van der Waals surface area contributed by atoms with Crippen LogP contribution in [0.5, 0.6) is 0 Å². The number of nitrogens with two attached hydrogens (primary N) is 1. The normalized spacial score (nSPS) is 17.3. The van der Waals surface area contributed by atoms with Gasteiger partial charge < -0.3 is 25.4 Å². The number of pyridine rings is 1. The van der Waals surface area contributed by atoms with E-state index < -0.39 is 0 Å². The van der Waals surface area contributed by atoms with E-state index in [0.717, 1.165) is 62.3 Å². The number of rotatable bonds is 7. The van der Waals surface area contributed by atoms with Crippen LogP contribution in [0.25, 0.3) is 11.0 Å². The summed E-state index contributed by atoms with van der Waals surface area (Å²) in [5.41, 5.74) is 8.27. The van der Waals surface area contributed by atoms with Crippen molar-refractivity contribution in [2.24, 2.45) is 5.73 Å². The molecular weight excluding hydrogens is 442 g/mol. The van der Waals surface area contributed by atoms with E-state index in [4.69, 9.17) is 10.7 Å². The predicted octanol–water partition coefficient (Wildman–Crippen LogP) is 2.47. The van der Waals surface area contributed by atoms with Crippen LogP contribution in [0, 0.1) is 0 Å². The largest absolute Gasteiger partial charge is 0.368 e. The predicted molar refractivity (Wildman–Crippen MR) is 138 cm³/mol. The highest BCUT2D eigenvalue weighted by Gasteiger charge is 2.26. The molecule has 35 heavy (non-hydrogen) atoms. The van der Waals surface area contributed by atoms with Crippen molar-refractivity contribution in [2.75, 3.05) is 63.6 Å². The fourth-order valence-corrected chi connectivity index (χ4v) is 5.17. The first-order chi connectivity index (χ1) is 17.0. The van der Waals surface area contributed by atoms with Gasteiger partial charge in [-0.2, -0.15) is 4.98 Å². The number of hydrogen-bond donors (Lipinski definition) is 2. The highest BCUT2D eigenvalue weighted by atomic mass is 16.2. The van der Waals surface area contributed by atoms with E-state index in [1.807, 2.05) is 18.3 Å². The van der Waals surface area contributed by atoms with Crippen molar-refractivity contribution in [3.8, 4) is 0 Å². The van der Waals surface area contributed by atoms with Crippen LogP contribution in [0.1, 0.15) is 42.2 Å². The molecule has 1 saturated carbocycles. The molecule has 10 heteroatoms. The van der Waals surface area contributed by atoms with Gasteiger partial charge in [-0.05, 0) is 31.0 Å². The number of piperazine rings is 1. The highest BCUT2D eigenvalue weighted by Crippen LogP contribution is 2.35. The number of nitrogens with zero attached hydrogens (tertiary/aromatic N) is 7. The lowest BCUT2D eigenvalue weighted by molar-refractivity contribution is 0.0815. The molecule has 0 unspecified atom stereocenters. The molecule has 4 heterocycles. The lowest BCUT2D eigenvalue weighted by Crippen LogP contribution is -2.47. The second-order valence-electron chi connectivity index (χ2n) is 9.65. The Morgan fingerprint density at radius 2 is 1.89 bits per heavy atom. The van der Waals surface area contributed by atoms with E-state index in [1.54, 1.807) is 25.2 Å². The number of hydrogen-bond acceptors (Lipinski definition) is 8. The lowest BCUT2D eigenvalue weighted by Gasteiger charge is -2.35. The monoisotopic (exact) mass is 477 g/mol. The number of aromatic nitrogens is 4. The van der Waals surface area contributed by atoms with Crippen LogP contribution in [-0.4, -0.2) is 88.6 Å². The van der Waals surface area contributed by atoms with Crippen molar-refractivity contribution in [2.45, 2.75) is 31.7 Å². The van der Waals surface area contributed by atoms with Gasteiger partial charge in [0.15, 0.2) is 0 Å². The zero-order valence-electron chi connectivity index (χ0n) is 20.7. The summed E-state index contributed by atoms with van der Waals surface area (Å²) in [5, 5.41) is 4.13. The molecule has 0 spiro atoms. The fraction of sp³-hybridized carbons (Fsp3) is 0.520. The molecule has 0 atom stereocenters. The lowest BCUT2D eigenvalue weighted by atomic mass is 10.2. The molecule has 5 rings (SSSR count). The van der Waals surface area contributed by atoms with Crippen molar-refractivity contribution in [3.05, 3.63) is 36.3 Å². The van der Waals surface area contributed by atoms with Crippen LogP contribution in [-0.2, 0) is 0 Å². The first kappa shape index (κ1) is 23.5. The Morgan fingerprint density at radius 1 is 1.11 bits per heavy atom. The zero-order valence-corrected chi connectivity index (χ0v) is 20.7. The number of fused-ring (bicyclic) bond motifs is 1. The van der Waals surface area contributed by atoms with Crippen molar-refractivity contribution in [3.63, 3.8) is 0 Å². The Bertz CT molecular complexity index is 1160. The molecule has 2 aliphatic rings. The van der Waals surface area contributed by atoms with E-state index in [1.165, 1.54) is 12.8 Å². The summed E-state index contributed by atoms with van der Waals surface area (Å²) in [4.78, 5) is 33.2. The van der Waals surface area contributed by atoms with Gasteiger partial charge in [-0.25, -0.2) is 9.97 Å². The number of nitrogens with one attached hydrogen (secondary N) is 1. The molecule has 10 nitrogen and oxygen atoms in total. The Hall–Kier alpha value is -3.24. The van der Waals surface area contributed by atoms with Gasteiger partial charge in [-0.1, -0.05) is 12.8 Å². The van der Waals surface area contributed by atoms with E-state index in [9.17, 15) is 4.79 Å². The Kier molecular flexibility index (Phi) is 6.83. The number of carbonyl (C=O) groups excluding carboxylic acids is 1. The van der Waals surface area contributed by atoms with Crippen LogP contribution in [0.4, 0.5) is 17.5 Å². The van der Waals surface area contributed by atoms with Crippen molar-refractivity contribution < 1.29 is 4.79 Å². The molecule has 186 valence electrons. The van der Waals surface area contributed by atoms with Gasteiger partial charge in [0, 0.05) is 71.0 Å². The van der Waals surface area contributed by atoms with Crippen LogP contribution >= 0.6 is 0 Å². The minimum atomic E-state index is -0.00877. The van der Waals surface area contributed by atoms with Gasteiger partial charge in [-0.15, -0.1) is 0 Å². The average Bonchev–Trinajstić information content (AvgIpc) is 3.52. The van der Waals surface area contributed by atoms with E-state index in [2.05, 4.69) is 35.7 Å². The van der Waals surface area contributed by atoms with E-state index in [0.29, 0.717) is 24.0 Å². The Labute approximate surface area is 206 Å². The van der Waals surface area contributed by atoms with E-state index >= 15 is 0 Å². The number of anilines is 3. The molecule has 3 N–H and O–H groups in total. The maximum absolute atomic E-state index is 12.9. The summed E-state index contributed by atoms with van der Waals surface area (Å²) in [6.07, 6.45) is 8.16. The smallest absolute Gasteiger partial charge is 0.270 e. The van der Waals surface area contributed by atoms with E-state index in [-0.39, 0.29) is 11.9 Å². The molecule has 2 fully saturated rings. The molecule has 0 bridgehead atoms. The molecular formula is C25H35N9O. The summed E-state index contributed by atoms with van der Waals surface area (Å²) in [7, 11) is 3.57. The maximum atomic E-state index is 12.9. The van der Waals surface area contributed by atoms with Crippen molar-refractivity contribution in [1.82, 2.24) is 29.3 Å². The van der Waals surface area contributed by atoms with Gasteiger partial charge in [0.25, 0.3) is 5.91 Å². The molecule has 1 amide bonds. The van der Waals surface area contributed by atoms with Crippen LogP contribution < -0.4 is 16.0 Å². The summed E-state index contributed by atoms with van der Waals surface area (Å²) >= 11 is 0. The summed E-state index contributed by atoms with van der Waals surface area (Å²) < 4.78 is 2.12. The second kappa shape index (κ2) is 10.2. The highest BCUT2D eigenvalue weighted by molar-refractivity contribution is 5.97. The minimum Gasteiger partial charge on any atom is -0.368 e. The minimum absolute atomic E-state index is 0.00877. The van der Waals surface area contributed by atoms with Crippen LogP contribution in [0.3, 0.4) is 0 Å². The first-order valence-corrected chi connectivity index (χ1v) is 12.5. The van der Waals surface area contributed by atoms with Crippen molar-refractivity contribution in [1.29, 1.82) is 0 Å². The molecule has 1 aliphatic carbocycles.